The lowest BCUT2D eigenvalue weighted by Gasteiger charge is -2.30. The summed E-state index contributed by atoms with van der Waals surface area (Å²) in [4.78, 5) is 11.5. The van der Waals surface area contributed by atoms with Crippen LogP contribution in [0.15, 0.2) is 35.2 Å². The predicted octanol–water partition coefficient (Wildman–Crippen LogP) is 2.05. The minimum absolute atomic E-state index is 0.0795. The van der Waals surface area contributed by atoms with Gasteiger partial charge in [0.05, 0.1) is 12.2 Å². The summed E-state index contributed by atoms with van der Waals surface area (Å²) in [6.07, 6.45) is -1.85. The molecule has 1 amide bonds. The van der Waals surface area contributed by atoms with Gasteiger partial charge in [0.2, 0.25) is 10.0 Å². The lowest BCUT2D eigenvalue weighted by atomic mass is 9.91. The van der Waals surface area contributed by atoms with Crippen molar-refractivity contribution in [3.63, 3.8) is 0 Å². The number of benzene rings is 2. The van der Waals surface area contributed by atoms with Gasteiger partial charge in [-0.15, -0.1) is 0 Å². The van der Waals surface area contributed by atoms with Gasteiger partial charge in [-0.1, -0.05) is 0 Å². The average Bonchev–Trinajstić information content (AvgIpc) is 2.68. The van der Waals surface area contributed by atoms with Gasteiger partial charge >= 0.3 is 0 Å². The van der Waals surface area contributed by atoms with E-state index in [1.807, 2.05) is 0 Å². The quantitative estimate of drug-likeness (QED) is 0.401. The minimum atomic E-state index is -4.45. The monoisotopic (exact) mass is 462 g/mol. The van der Waals surface area contributed by atoms with E-state index in [4.69, 9.17) is 0 Å². The number of nitrogens with one attached hydrogen (secondary N) is 2. The van der Waals surface area contributed by atoms with Gasteiger partial charge in [0.15, 0.2) is 17.5 Å². The van der Waals surface area contributed by atoms with Crippen molar-refractivity contribution in [1.82, 2.24) is 4.72 Å². The highest BCUT2D eigenvalue weighted by Crippen LogP contribution is 2.24. The molecule has 3 rings (SSSR count). The standard InChI is InChI=1S/C19H18F4N2O5S/c20-12-3-1-9(19(28)24-11-6-13(21)18(23)14(22)7-11)5-17(12)31(29,30)25-10-2-4-15(26)16(27)8-10/h1,3,5-7,10,15-16,25-27H,2,4,8H2,(H,24,28). The molecule has 0 spiro atoms. The first-order valence-electron chi connectivity index (χ1n) is 9.12. The van der Waals surface area contributed by atoms with Crippen LogP contribution in [0.5, 0.6) is 0 Å². The maximum absolute atomic E-state index is 14.2. The molecule has 0 bridgehead atoms. The number of sulfonamides is 1. The fourth-order valence-electron chi connectivity index (χ4n) is 3.20. The van der Waals surface area contributed by atoms with Gasteiger partial charge < -0.3 is 15.5 Å². The van der Waals surface area contributed by atoms with Crippen LogP contribution in [-0.2, 0) is 10.0 Å². The Morgan fingerprint density at radius 1 is 0.935 bits per heavy atom. The molecule has 12 heteroatoms. The smallest absolute Gasteiger partial charge is 0.255 e. The first-order valence-corrected chi connectivity index (χ1v) is 10.6. The molecular formula is C19H18F4N2O5S. The molecule has 2 aromatic carbocycles. The summed E-state index contributed by atoms with van der Waals surface area (Å²) in [6.45, 7) is 0. The Hall–Kier alpha value is -2.54. The van der Waals surface area contributed by atoms with E-state index in [0.717, 1.165) is 18.2 Å². The Morgan fingerprint density at radius 3 is 2.19 bits per heavy atom. The number of amides is 1. The third-order valence-electron chi connectivity index (χ3n) is 4.83. The van der Waals surface area contributed by atoms with Gasteiger partial charge in [0.25, 0.3) is 5.91 Å². The molecule has 1 saturated carbocycles. The lowest BCUT2D eigenvalue weighted by Crippen LogP contribution is -2.44. The van der Waals surface area contributed by atoms with Crippen molar-refractivity contribution in [1.29, 1.82) is 0 Å². The second kappa shape index (κ2) is 8.91. The Labute approximate surface area is 174 Å². The molecule has 31 heavy (non-hydrogen) atoms. The summed E-state index contributed by atoms with van der Waals surface area (Å²) in [5, 5.41) is 21.3. The molecule has 2 aromatic rings. The average molecular weight is 462 g/mol. The van der Waals surface area contributed by atoms with Gasteiger partial charge in [-0.25, -0.2) is 30.7 Å². The zero-order chi connectivity index (χ0) is 22.9. The molecule has 1 fully saturated rings. The first kappa shape index (κ1) is 23.1. The molecule has 3 unspecified atom stereocenters. The minimum Gasteiger partial charge on any atom is -0.390 e. The zero-order valence-electron chi connectivity index (χ0n) is 15.8. The van der Waals surface area contributed by atoms with Gasteiger partial charge in [-0.05, 0) is 37.5 Å². The normalized spacial score (nSPS) is 21.7. The summed E-state index contributed by atoms with van der Waals surface area (Å²) in [6, 6.07) is 2.72. The van der Waals surface area contributed by atoms with Crippen molar-refractivity contribution >= 4 is 21.6 Å². The van der Waals surface area contributed by atoms with E-state index in [2.05, 4.69) is 10.0 Å². The molecule has 0 saturated heterocycles. The summed E-state index contributed by atoms with van der Waals surface area (Å²) >= 11 is 0. The second-order valence-corrected chi connectivity index (χ2v) is 8.80. The number of carbonyl (C=O) groups is 1. The number of hydrogen-bond donors (Lipinski definition) is 4. The van der Waals surface area contributed by atoms with E-state index in [0.29, 0.717) is 12.1 Å². The number of aliphatic hydroxyl groups excluding tert-OH is 2. The fourth-order valence-corrected chi connectivity index (χ4v) is 4.59. The molecule has 0 aromatic heterocycles. The number of halogens is 4. The van der Waals surface area contributed by atoms with E-state index in [-0.39, 0.29) is 24.8 Å². The molecule has 168 valence electrons. The van der Waals surface area contributed by atoms with Crippen LogP contribution in [0.3, 0.4) is 0 Å². The molecule has 4 N–H and O–H groups in total. The van der Waals surface area contributed by atoms with Crippen LogP contribution >= 0.6 is 0 Å². The Kier molecular flexibility index (Phi) is 6.65. The topological polar surface area (TPSA) is 116 Å². The lowest BCUT2D eigenvalue weighted by molar-refractivity contribution is -0.0157. The molecule has 0 radical (unpaired) electrons. The van der Waals surface area contributed by atoms with Crippen molar-refractivity contribution in [3.05, 3.63) is 59.2 Å². The second-order valence-electron chi connectivity index (χ2n) is 7.12. The SMILES string of the molecule is O=C(Nc1cc(F)c(F)c(F)c1)c1ccc(F)c(S(=O)(=O)NC2CCC(O)C(O)C2)c1. The fraction of sp³-hybridized carbons (Fsp3) is 0.316. The number of aliphatic hydroxyl groups is 2. The summed E-state index contributed by atoms with van der Waals surface area (Å²) in [7, 11) is -4.45. The van der Waals surface area contributed by atoms with Crippen LogP contribution in [-0.4, -0.2) is 42.8 Å². The molecule has 0 aliphatic heterocycles. The van der Waals surface area contributed by atoms with Crippen LogP contribution in [0.1, 0.15) is 29.6 Å². The third-order valence-corrected chi connectivity index (χ3v) is 6.36. The van der Waals surface area contributed by atoms with Crippen LogP contribution < -0.4 is 10.0 Å². The highest BCUT2D eigenvalue weighted by atomic mass is 32.2. The number of anilines is 1. The van der Waals surface area contributed by atoms with Crippen molar-refractivity contribution in [2.24, 2.45) is 0 Å². The zero-order valence-corrected chi connectivity index (χ0v) is 16.6. The summed E-state index contributed by atoms with van der Waals surface area (Å²) in [5.74, 6) is -6.97. The molecule has 7 nitrogen and oxygen atoms in total. The van der Waals surface area contributed by atoms with Crippen LogP contribution in [0.25, 0.3) is 0 Å². The van der Waals surface area contributed by atoms with Gasteiger partial charge in [0.1, 0.15) is 10.7 Å². The van der Waals surface area contributed by atoms with Crippen molar-refractivity contribution < 1.29 is 41.0 Å². The van der Waals surface area contributed by atoms with E-state index < -0.39 is 68.0 Å². The highest BCUT2D eigenvalue weighted by Gasteiger charge is 2.31. The maximum atomic E-state index is 14.2. The molecule has 0 heterocycles. The number of rotatable bonds is 5. The van der Waals surface area contributed by atoms with Crippen LogP contribution in [0.4, 0.5) is 23.2 Å². The van der Waals surface area contributed by atoms with Crippen molar-refractivity contribution in [2.45, 2.75) is 42.4 Å². The van der Waals surface area contributed by atoms with Gasteiger partial charge in [0, 0.05) is 29.4 Å². The molecule has 3 atom stereocenters. The van der Waals surface area contributed by atoms with Crippen LogP contribution in [0.2, 0.25) is 0 Å². The Balaban J connectivity index is 1.81. The molecular weight excluding hydrogens is 444 g/mol. The Morgan fingerprint density at radius 2 is 1.58 bits per heavy atom. The summed E-state index contributed by atoms with van der Waals surface area (Å²) in [5.41, 5.74) is -0.769. The van der Waals surface area contributed by atoms with Crippen molar-refractivity contribution in [2.75, 3.05) is 5.32 Å². The largest absolute Gasteiger partial charge is 0.390 e. The van der Waals surface area contributed by atoms with E-state index in [9.17, 15) is 41.0 Å². The predicted molar refractivity (Wildman–Crippen MR) is 101 cm³/mol. The van der Waals surface area contributed by atoms with Gasteiger partial charge in [-0.2, -0.15) is 0 Å². The van der Waals surface area contributed by atoms with Gasteiger partial charge in [-0.3, -0.25) is 4.79 Å². The van der Waals surface area contributed by atoms with E-state index >= 15 is 0 Å². The third kappa shape index (κ3) is 5.21. The highest BCUT2D eigenvalue weighted by molar-refractivity contribution is 7.89. The number of carbonyl (C=O) groups excluding carboxylic acids is 1. The number of hydrogen-bond acceptors (Lipinski definition) is 5. The van der Waals surface area contributed by atoms with E-state index in [1.54, 1.807) is 0 Å². The molecule has 1 aliphatic carbocycles. The van der Waals surface area contributed by atoms with Crippen molar-refractivity contribution in [3.8, 4) is 0 Å². The van der Waals surface area contributed by atoms with E-state index in [1.165, 1.54) is 0 Å². The summed E-state index contributed by atoms with van der Waals surface area (Å²) < 4.78 is 81.3. The van der Waals surface area contributed by atoms with Crippen LogP contribution in [0, 0.1) is 23.3 Å². The first-order chi connectivity index (χ1) is 14.5. The maximum Gasteiger partial charge on any atom is 0.255 e. The molecule has 1 aliphatic rings. The Bertz CT molecular complexity index is 1090.